The normalized spacial score (nSPS) is 10.7. The Balaban J connectivity index is 1.95. The number of rotatable bonds is 7. The molecule has 0 aliphatic carbocycles. The van der Waals surface area contributed by atoms with Crippen molar-refractivity contribution in [2.24, 2.45) is 0 Å². The van der Waals surface area contributed by atoms with E-state index in [1.807, 2.05) is 6.92 Å². The minimum Gasteiger partial charge on any atom is -0.462 e. The summed E-state index contributed by atoms with van der Waals surface area (Å²) in [6, 6.07) is 10.6. The second-order valence-corrected chi connectivity index (χ2v) is 5.93. The molecule has 0 fully saturated rings. The van der Waals surface area contributed by atoms with E-state index < -0.39 is 17.7 Å². The third-order valence-corrected chi connectivity index (χ3v) is 3.85. The van der Waals surface area contributed by atoms with Crippen molar-refractivity contribution >= 4 is 35.2 Å². The van der Waals surface area contributed by atoms with Gasteiger partial charge in [-0.15, -0.1) is 0 Å². The third kappa shape index (κ3) is 5.70. The van der Waals surface area contributed by atoms with Gasteiger partial charge in [0.1, 0.15) is 5.82 Å². The van der Waals surface area contributed by atoms with E-state index in [0.717, 1.165) is 12.8 Å². The summed E-state index contributed by atoms with van der Waals surface area (Å²) in [5.74, 6) is -1.35. The minimum absolute atomic E-state index is 0.148. The van der Waals surface area contributed by atoms with Gasteiger partial charge in [-0.2, -0.15) is 0 Å². The van der Waals surface area contributed by atoms with E-state index in [-0.39, 0.29) is 10.6 Å². The van der Waals surface area contributed by atoms with E-state index in [2.05, 4.69) is 5.32 Å². The number of carbonyl (C=O) groups is 2. The number of ether oxygens (including phenoxy) is 1. The zero-order valence-corrected chi connectivity index (χ0v) is 15.1. The lowest BCUT2D eigenvalue weighted by atomic mass is 10.2. The Hall–Kier alpha value is -2.66. The van der Waals surface area contributed by atoms with Crippen LogP contribution in [0.2, 0.25) is 5.02 Å². The van der Waals surface area contributed by atoms with E-state index in [0.29, 0.717) is 17.9 Å². The molecule has 0 radical (unpaired) electrons. The quantitative estimate of drug-likeness (QED) is 0.416. The average Bonchev–Trinajstić information content (AvgIpc) is 2.62. The first kappa shape index (κ1) is 19.7. The van der Waals surface area contributed by atoms with Crippen molar-refractivity contribution in [2.75, 3.05) is 11.9 Å². The van der Waals surface area contributed by atoms with Crippen LogP contribution < -0.4 is 5.32 Å². The predicted octanol–water partition coefficient (Wildman–Crippen LogP) is 5.09. The molecular weight excluding hydrogens is 357 g/mol. The summed E-state index contributed by atoms with van der Waals surface area (Å²) in [7, 11) is 0. The fourth-order valence-electron chi connectivity index (χ4n) is 2.10. The van der Waals surface area contributed by atoms with Crippen molar-refractivity contribution in [3.05, 3.63) is 70.5 Å². The lowest BCUT2D eigenvalue weighted by Gasteiger charge is -2.06. The van der Waals surface area contributed by atoms with Crippen molar-refractivity contribution in [1.82, 2.24) is 0 Å². The molecule has 0 spiro atoms. The highest BCUT2D eigenvalue weighted by molar-refractivity contribution is 6.32. The van der Waals surface area contributed by atoms with Gasteiger partial charge >= 0.3 is 5.97 Å². The lowest BCUT2D eigenvalue weighted by molar-refractivity contribution is -0.111. The number of carbonyl (C=O) groups excluding carboxylic acids is 2. The monoisotopic (exact) mass is 375 g/mol. The molecule has 6 heteroatoms. The molecule has 0 aliphatic rings. The standard InChI is InChI=1S/C20H19ClFNO3/c1-2-3-13-26-20(25)14-7-9-15(10-8-14)23-19(24)12-11-16-17(21)5-4-6-18(16)22/h4-12H,2-3,13H2,1H3,(H,23,24)/b12-11+. The molecule has 0 heterocycles. The first-order valence-corrected chi connectivity index (χ1v) is 8.59. The number of hydrogen-bond donors (Lipinski definition) is 1. The molecule has 0 saturated carbocycles. The van der Waals surface area contributed by atoms with Gasteiger partial charge in [0.25, 0.3) is 0 Å². The maximum absolute atomic E-state index is 13.6. The molecule has 2 aromatic rings. The van der Waals surface area contributed by atoms with Gasteiger partial charge < -0.3 is 10.1 Å². The topological polar surface area (TPSA) is 55.4 Å². The van der Waals surface area contributed by atoms with Crippen molar-refractivity contribution in [3.8, 4) is 0 Å². The number of amides is 1. The van der Waals surface area contributed by atoms with Crippen LogP contribution in [0, 0.1) is 5.82 Å². The Kier molecular flexibility index (Phi) is 7.36. The molecule has 0 aromatic heterocycles. The summed E-state index contributed by atoms with van der Waals surface area (Å²) >= 11 is 5.90. The molecule has 136 valence electrons. The van der Waals surface area contributed by atoms with E-state index in [4.69, 9.17) is 16.3 Å². The first-order chi connectivity index (χ1) is 12.5. The van der Waals surface area contributed by atoms with Crippen LogP contribution in [0.15, 0.2) is 48.5 Å². The van der Waals surface area contributed by atoms with Gasteiger partial charge in [0, 0.05) is 17.3 Å². The molecule has 2 rings (SSSR count). The maximum Gasteiger partial charge on any atom is 0.338 e. The number of nitrogens with one attached hydrogen (secondary N) is 1. The number of hydrogen-bond acceptors (Lipinski definition) is 3. The summed E-state index contributed by atoms with van der Waals surface area (Å²) in [6.45, 7) is 2.40. The number of unbranched alkanes of at least 4 members (excludes halogenated alkanes) is 1. The van der Waals surface area contributed by atoms with Crippen LogP contribution in [0.5, 0.6) is 0 Å². The van der Waals surface area contributed by atoms with E-state index in [1.165, 1.54) is 24.3 Å². The Morgan fingerprint density at radius 3 is 2.58 bits per heavy atom. The molecule has 0 unspecified atom stereocenters. The second-order valence-electron chi connectivity index (χ2n) is 5.52. The van der Waals surface area contributed by atoms with E-state index >= 15 is 0 Å². The van der Waals surface area contributed by atoms with Crippen LogP contribution in [-0.4, -0.2) is 18.5 Å². The Bertz CT molecular complexity index is 783. The average molecular weight is 376 g/mol. The first-order valence-electron chi connectivity index (χ1n) is 8.21. The molecule has 1 N–H and O–H groups in total. The summed E-state index contributed by atoms with van der Waals surface area (Å²) in [5.41, 5.74) is 1.06. The number of anilines is 1. The summed E-state index contributed by atoms with van der Waals surface area (Å²) < 4.78 is 18.8. The highest BCUT2D eigenvalue weighted by atomic mass is 35.5. The number of halogens is 2. The fraction of sp³-hybridized carbons (Fsp3) is 0.200. The van der Waals surface area contributed by atoms with Gasteiger partial charge in [-0.05, 0) is 48.9 Å². The van der Waals surface area contributed by atoms with Crippen LogP contribution in [0.25, 0.3) is 6.08 Å². The SMILES string of the molecule is CCCCOC(=O)c1ccc(NC(=O)/C=C/c2c(F)cccc2Cl)cc1. The Morgan fingerprint density at radius 2 is 1.92 bits per heavy atom. The highest BCUT2D eigenvalue weighted by Crippen LogP contribution is 2.20. The van der Waals surface area contributed by atoms with Crippen LogP contribution >= 0.6 is 11.6 Å². The summed E-state index contributed by atoms with van der Waals surface area (Å²) in [6.07, 6.45) is 4.27. The van der Waals surface area contributed by atoms with Gasteiger partial charge in [-0.25, -0.2) is 9.18 Å². The lowest BCUT2D eigenvalue weighted by Crippen LogP contribution is -2.09. The Morgan fingerprint density at radius 1 is 1.19 bits per heavy atom. The molecule has 2 aromatic carbocycles. The van der Waals surface area contributed by atoms with Gasteiger partial charge in [-0.1, -0.05) is 31.0 Å². The summed E-state index contributed by atoms with van der Waals surface area (Å²) in [5, 5.41) is 2.85. The smallest absolute Gasteiger partial charge is 0.338 e. The molecule has 26 heavy (non-hydrogen) atoms. The molecule has 4 nitrogen and oxygen atoms in total. The zero-order chi connectivity index (χ0) is 18.9. The maximum atomic E-state index is 13.6. The molecular formula is C20H19ClFNO3. The minimum atomic E-state index is -0.507. The molecule has 0 saturated heterocycles. The largest absolute Gasteiger partial charge is 0.462 e. The van der Waals surface area contributed by atoms with Gasteiger partial charge in [0.2, 0.25) is 5.91 Å². The fourth-order valence-corrected chi connectivity index (χ4v) is 2.32. The van der Waals surface area contributed by atoms with Crippen LogP contribution in [0.3, 0.4) is 0 Å². The van der Waals surface area contributed by atoms with Crippen molar-refractivity contribution in [3.63, 3.8) is 0 Å². The van der Waals surface area contributed by atoms with E-state index in [9.17, 15) is 14.0 Å². The predicted molar refractivity (Wildman–Crippen MR) is 101 cm³/mol. The zero-order valence-electron chi connectivity index (χ0n) is 14.3. The third-order valence-electron chi connectivity index (χ3n) is 3.52. The number of esters is 1. The van der Waals surface area contributed by atoms with Gasteiger partial charge in [-0.3, -0.25) is 4.79 Å². The van der Waals surface area contributed by atoms with Crippen molar-refractivity contribution in [1.29, 1.82) is 0 Å². The van der Waals surface area contributed by atoms with Crippen molar-refractivity contribution < 1.29 is 18.7 Å². The molecule has 1 amide bonds. The molecule has 0 bridgehead atoms. The molecule has 0 aliphatic heterocycles. The number of benzene rings is 2. The Labute approximate surface area is 156 Å². The molecule has 0 atom stereocenters. The highest BCUT2D eigenvalue weighted by Gasteiger charge is 2.08. The van der Waals surface area contributed by atoms with Gasteiger partial charge in [0.15, 0.2) is 0 Å². The second kappa shape index (κ2) is 9.73. The van der Waals surface area contributed by atoms with E-state index in [1.54, 1.807) is 30.3 Å². The van der Waals surface area contributed by atoms with Gasteiger partial charge in [0.05, 0.1) is 17.2 Å². The van der Waals surface area contributed by atoms with Crippen molar-refractivity contribution in [2.45, 2.75) is 19.8 Å². The van der Waals surface area contributed by atoms with Crippen LogP contribution in [-0.2, 0) is 9.53 Å². The van der Waals surface area contributed by atoms with Crippen LogP contribution in [0.1, 0.15) is 35.7 Å². The summed E-state index contributed by atoms with van der Waals surface area (Å²) in [4.78, 5) is 23.8. The van der Waals surface area contributed by atoms with Crippen LogP contribution in [0.4, 0.5) is 10.1 Å².